The van der Waals surface area contributed by atoms with Crippen LogP contribution in [0, 0.1) is 6.92 Å². The van der Waals surface area contributed by atoms with Gasteiger partial charge >= 0.3 is 5.97 Å². The number of aromatic nitrogens is 5. The van der Waals surface area contributed by atoms with Crippen LogP contribution < -0.4 is 0 Å². The van der Waals surface area contributed by atoms with E-state index >= 15 is 0 Å². The van der Waals surface area contributed by atoms with E-state index in [1.807, 2.05) is 6.07 Å². The fraction of sp³-hybridized carbons (Fsp3) is 0.214. The van der Waals surface area contributed by atoms with E-state index in [1.165, 1.54) is 0 Å². The number of hydrogen-bond donors (Lipinski definition) is 0. The van der Waals surface area contributed by atoms with E-state index in [9.17, 15) is 4.79 Å². The van der Waals surface area contributed by atoms with Gasteiger partial charge in [0, 0.05) is 6.92 Å². The molecule has 0 N–H and O–H groups in total. The molecule has 1 atom stereocenters. The lowest BCUT2D eigenvalue weighted by atomic mass is 10.2. The smallest absolute Gasteiger partial charge is 0.338 e. The number of rotatable bonds is 4. The molecule has 2 heterocycles. The van der Waals surface area contributed by atoms with Crippen LogP contribution in [0.4, 0.5) is 0 Å². The zero-order valence-electron chi connectivity index (χ0n) is 12.0. The van der Waals surface area contributed by atoms with E-state index in [0.29, 0.717) is 17.1 Å². The van der Waals surface area contributed by atoms with Gasteiger partial charge in [0.15, 0.2) is 6.10 Å². The number of aryl methyl sites for hydroxylation is 1. The molecule has 0 saturated carbocycles. The molecule has 3 aromatic rings. The lowest BCUT2D eigenvalue weighted by Crippen LogP contribution is -2.10. The van der Waals surface area contributed by atoms with Crippen LogP contribution in [0.2, 0.25) is 0 Å². The van der Waals surface area contributed by atoms with E-state index < -0.39 is 12.1 Å². The second-order valence-corrected chi connectivity index (χ2v) is 4.60. The molecule has 0 aliphatic carbocycles. The molecule has 0 aliphatic heterocycles. The van der Waals surface area contributed by atoms with Gasteiger partial charge in [-0.15, -0.1) is 15.3 Å². The molecule has 22 heavy (non-hydrogen) atoms. The molecular weight excluding hydrogens is 286 g/mol. The number of carbonyl (C=O) groups excluding carboxylic acids is 1. The summed E-state index contributed by atoms with van der Waals surface area (Å²) in [7, 11) is 0. The van der Waals surface area contributed by atoms with Crippen LogP contribution in [-0.4, -0.2) is 31.2 Å². The third-order valence-corrected chi connectivity index (χ3v) is 2.94. The van der Waals surface area contributed by atoms with Gasteiger partial charge in [-0.2, -0.15) is 0 Å². The van der Waals surface area contributed by atoms with Gasteiger partial charge in [0.25, 0.3) is 5.89 Å². The number of carbonyl (C=O) groups is 1. The summed E-state index contributed by atoms with van der Waals surface area (Å²) in [5.41, 5.74) is 1.12. The van der Waals surface area contributed by atoms with E-state index in [1.54, 1.807) is 49.1 Å². The average Bonchev–Trinajstić information content (AvgIpc) is 3.18. The molecular formula is C14H13N5O3. The predicted molar refractivity (Wildman–Crippen MR) is 74.2 cm³/mol. The maximum absolute atomic E-state index is 12.2. The molecule has 1 aromatic carbocycles. The fourth-order valence-electron chi connectivity index (χ4n) is 1.88. The van der Waals surface area contributed by atoms with Crippen LogP contribution in [0.15, 0.2) is 41.1 Å². The van der Waals surface area contributed by atoms with Crippen molar-refractivity contribution in [1.29, 1.82) is 0 Å². The Balaban J connectivity index is 1.76. The number of nitrogens with zero attached hydrogens (tertiary/aromatic N) is 5. The number of ether oxygens (including phenoxy) is 1. The lowest BCUT2D eigenvalue weighted by molar-refractivity contribution is 0.0277. The minimum atomic E-state index is -0.622. The summed E-state index contributed by atoms with van der Waals surface area (Å²) in [5, 5.41) is 15.2. The zero-order valence-corrected chi connectivity index (χ0v) is 12.0. The van der Waals surface area contributed by atoms with Crippen molar-refractivity contribution in [1.82, 2.24) is 25.2 Å². The monoisotopic (exact) mass is 299 g/mol. The van der Waals surface area contributed by atoms with Crippen molar-refractivity contribution in [2.45, 2.75) is 20.0 Å². The molecule has 112 valence electrons. The van der Waals surface area contributed by atoms with Crippen LogP contribution in [0.5, 0.6) is 0 Å². The van der Waals surface area contributed by atoms with Crippen molar-refractivity contribution in [3.05, 3.63) is 54.0 Å². The highest BCUT2D eigenvalue weighted by Gasteiger charge is 2.19. The van der Waals surface area contributed by atoms with Gasteiger partial charge in [0.1, 0.15) is 0 Å². The SMILES string of the molecule is Cc1nnc([C@H](C)OC(=O)c2cccc(-n3ccnn3)c2)o1. The molecule has 8 heteroatoms. The Morgan fingerprint density at radius 2 is 2.23 bits per heavy atom. The molecule has 0 bridgehead atoms. The second kappa shape index (κ2) is 5.76. The van der Waals surface area contributed by atoms with Crippen molar-refractivity contribution in [2.24, 2.45) is 0 Å². The highest BCUT2D eigenvalue weighted by molar-refractivity contribution is 5.90. The van der Waals surface area contributed by atoms with Crippen molar-refractivity contribution >= 4 is 5.97 Å². The van der Waals surface area contributed by atoms with Crippen molar-refractivity contribution in [3.63, 3.8) is 0 Å². The van der Waals surface area contributed by atoms with Crippen LogP contribution in [0.1, 0.15) is 35.2 Å². The summed E-state index contributed by atoms with van der Waals surface area (Å²) in [6.45, 7) is 3.35. The van der Waals surface area contributed by atoms with E-state index in [0.717, 1.165) is 0 Å². The summed E-state index contributed by atoms with van der Waals surface area (Å²) < 4.78 is 12.1. The van der Waals surface area contributed by atoms with Crippen LogP contribution in [0.3, 0.4) is 0 Å². The van der Waals surface area contributed by atoms with Gasteiger partial charge in [0.2, 0.25) is 5.89 Å². The first-order valence-corrected chi connectivity index (χ1v) is 6.61. The molecule has 0 radical (unpaired) electrons. The Labute approximate surface area is 125 Å². The Morgan fingerprint density at radius 1 is 1.36 bits per heavy atom. The molecule has 2 aromatic heterocycles. The largest absolute Gasteiger partial charge is 0.449 e. The maximum Gasteiger partial charge on any atom is 0.338 e. The Morgan fingerprint density at radius 3 is 2.91 bits per heavy atom. The van der Waals surface area contributed by atoms with Crippen LogP contribution in [-0.2, 0) is 4.74 Å². The van der Waals surface area contributed by atoms with Crippen LogP contribution in [0.25, 0.3) is 5.69 Å². The molecule has 0 aliphatic rings. The number of hydrogen-bond acceptors (Lipinski definition) is 7. The molecule has 8 nitrogen and oxygen atoms in total. The Kier molecular flexibility index (Phi) is 3.65. The third-order valence-electron chi connectivity index (χ3n) is 2.94. The molecule has 0 spiro atoms. The molecule has 0 saturated heterocycles. The van der Waals surface area contributed by atoms with Crippen LogP contribution >= 0.6 is 0 Å². The first-order valence-electron chi connectivity index (χ1n) is 6.61. The molecule has 0 unspecified atom stereocenters. The minimum absolute atomic E-state index is 0.262. The lowest BCUT2D eigenvalue weighted by Gasteiger charge is -2.10. The minimum Gasteiger partial charge on any atom is -0.449 e. The average molecular weight is 299 g/mol. The van der Waals surface area contributed by atoms with Gasteiger partial charge in [0.05, 0.1) is 23.6 Å². The highest BCUT2D eigenvalue weighted by Crippen LogP contribution is 2.18. The normalized spacial score (nSPS) is 12.1. The summed E-state index contributed by atoms with van der Waals surface area (Å²) in [4.78, 5) is 12.2. The Hall–Kier alpha value is -3.03. The maximum atomic E-state index is 12.2. The molecule has 3 rings (SSSR count). The summed E-state index contributed by atoms with van der Waals surface area (Å²) >= 11 is 0. The Bertz CT molecular complexity index is 781. The highest BCUT2D eigenvalue weighted by atomic mass is 16.6. The predicted octanol–water partition coefficient (Wildman–Crippen LogP) is 1.88. The van der Waals surface area contributed by atoms with E-state index in [2.05, 4.69) is 20.5 Å². The topological polar surface area (TPSA) is 95.9 Å². The third kappa shape index (κ3) is 2.85. The van der Waals surface area contributed by atoms with Gasteiger partial charge in [-0.3, -0.25) is 0 Å². The van der Waals surface area contributed by atoms with Gasteiger partial charge < -0.3 is 9.15 Å². The molecule has 0 amide bonds. The second-order valence-electron chi connectivity index (χ2n) is 4.60. The van der Waals surface area contributed by atoms with Crippen molar-refractivity contribution in [2.75, 3.05) is 0 Å². The van der Waals surface area contributed by atoms with E-state index in [4.69, 9.17) is 9.15 Å². The first-order chi connectivity index (χ1) is 10.6. The molecule has 0 fully saturated rings. The summed E-state index contributed by atoms with van der Waals surface area (Å²) in [5.74, 6) is 0.203. The van der Waals surface area contributed by atoms with Gasteiger partial charge in [-0.1, -0.05) is 11.3 Å². The summed E-state index contributed by atoms with van der Waals surface area (Å²) in [6, 6.07) is 6.89. The zero-order chi connectivity index (χ0) is 15.5. The van der Waals surface area contributed by atoms with Crippen molar-refractivity contribution in [3.8, 4) is 5.69 Å². The number of esters is 1. The summed E-state index contributed by atoms with van der Waals surface area (Å²) in [6.07, 6.45) is 2.63. The van der Waals surface area contributed by atoms with E-state index in [-0.39, 0.29) is 5.89 Å². The fourth-order valence-corrected chi connectivity index (χ4v) is 1.88. The van der Waals surface area contributed by atoms with Gasteiger partial charge in [-0.05, 0) is 25.1 Å². The quantitative estimate of drug-likeness (QED) is 0.678. The van der Waals surface area contributed by atoms with Gasteiger partial charge in [-0.25, -0.2) is 9.48 Å². The first kappa shape index (κ1) is 13.9. The number of benzene rings is 1. The standard InChI is InChI=1S/C14H13N5O3/c1-9(13-17-16-10(2)22-13)21-14(20)11-4-3-5-12(8-11)19-7-6-15-18-19/h3-9H,1-2H3/t9-/m0/s1. The van der Waals surface area contributed by atoms with Crippen molar-refractivity contribution < 1.29 is 13.9 Å².